The summed E-state index contributed by atoms with van der Waals surface area (Å²) in [6.45, 7) is 0.0243. The number of pyridine rings is 1. The highest BCUT2D eigenvalue weighted by molar-refractivity contribution is 7.99. The Morgan fingerprint density at radius 1 is 1.03 bits per heavy atom. The van der Waals surface area contributed by atoms with Gasteiger partial charge in [-0.15, -0.1) is 5.10 Å². The summed E-state index contributed by atoms with van der Waals surface area (Å²) in [6, 6.07) is 9.34. The molecule has 0 bridgehead atoms. The van der Waals surface area contributed by atoms with E-state index in [2.05, 4.69) is 25.7 Å². The van der Waals surface area contributed by atoms with E-state index in [1.165, 1.54) is 47.1 Å². The van der Waals surface area contributed by atoms with Gasteiger partial charge in [0.15, 0.2) is 11.0 Å². The quantitative estimate of drug-likeness (QED) is 0.489. The van der Waals surface area contributed by atoms with E-state index in [0.29, 0.717) is 16.7 Å². The average molecular weight is 469 g/mol. The maximum absolute atomic E-state index is 13.1. The number of benzene rings is 1. The summed E-state index contributed by atoms with van der Waals surface area (Å²) in [5.74, 6) is -0.227. The van der Waals surface area contributed by atoms with Crippen molar-refractivity contribution in [3.63, 3.8) is 0 Å². The van der Waals surface area contributed by atoms with Crippen LogP contribution in [0.5, 0.6) is 0 Å². The third-order valence-corrected chi connectivity index (χ3v) is 6.27. The van der Waals surface area contributed by atoms with Crippen LogP contribution in [0.2, 0.25) is 0 Å². The SMILES string of the molecule is O=C(CSc1nc(-c2ccncc2)nn1CC(=O)NC1CCCCC1)Nc1ccc(F)cc1. The molecule has 1 fully saturated rings. The van der Waals surface area contributed by atoms with E-state index in [1.807, 2.05) is 0 Å². The van der Waals surface area contributed by atoms with Crippen LogP contribution >= 0.6 is 11.8 Å². The standard InChI is InChI=1S/C23H25FN6O2S/c24-17-6-8-19(9-7-17)27-21(32)15-33-23-28-22(16-10-12-25-13-11-16)29-30(23)14-20(31)26-18-4-2-1-3-5-18/h6-13,18H,1-5,14-15H2,(H,26,31)(H,27,32). The molecule has 3 aromatic rings. The molecule has 0 aliphatic heterocycles. The van der Waals surface area contributed by atoms with Gasteiger partial charge in [-0.1, -0.05) is 31.0 Å². The summed E-state index contributed by atoms with van der Waals surface area (Å²) in [5.41, 5.74) is 1.28. The van der Waals surface area contributed by atoms with Crippen LogP contribution in [0.25, 0.3) is 11.4 Å². The van der Waals surface area contributed by atoms with Crippen LogP contribution in [-0.4, -0.2) is 43.4 Å². The average Bonchev–Trinajstić information content (AvgIpc) is 3.23. The number of nitrogens with one attached hydrogen (secondary N) is 2. The first kappa shape index (κ1) is 22.9. The van der Waals surface area contributed by atoms with Crippen molar-refractivity contribution in [1.82, 2.24) is 25.1 Å². The van der Waals surface area contributed by atoms with Crippen molar-refractivity contribution in [3.05, 3.63) is 54.6 Å². The molecule has 0 saturated heterocycles. The molecule has 172 valence electrons. The minimum atomic E-state index is -0.370. The monoisotopic (exact) mass is 468 g/mol. The Hall–Kier alpha value is -3.27. The van der Waals surface area contributed by atoms with Gasteiger partial charge in [0, 0.05) is 29.7 Å². The topological polar surface area (TPSA) is 102 Å². The van der Waals surface area contributed by atoms with Crippen molar-refractivity contribution >= 4 is 29.3 Å². The summed E-state index contributed by atoms with van der Waals surface area (Å²) in [5, 5.41) is 10.8. The molecule has 0 atom stereocenters. The number of hydrogen-bond donors (Lipinski definition) is 2. The molecule has 1 aromatic carbocycles. The second-order valence-electron chi connectivity index (χ2n) is 7.86. The van der Waals surface area contributed by atoms with Crippen molar-refractivity contribution in [2.24, 2.45) is 0 Å². The summed E-state index contributed by atoms with van der Waals surface area (Å²) >= 11 is 1.19. The van der Waals surface area contributed by atoms with Crippen LogP contribution in [-0.2, 0) is 16.1 Å². The molecule has 10 heteroatoms. The van der Waals surface area contributed by atoms with Gasteiger partial charge in [-0.3, -0.25) is 14.6 Å². The van der Waals surface area contributed by atoms with E-state index in [4.69, 9.17) is 0 Å². The van der Waals surface area contributed by atoms with Crippen LogP contribution in [0.3, 0.4) is 0 Å². The van der Waals surface area contributed by atoms with Crippen molar-refractivity contribution in [2.75, 3.05) is 11.1 Å². The maximum atomic E-state index is 13.1. The van der Waals surface area contributed by atoms with E-state index in [9.17, 15) is 14.0 Å². The normalized spacial score (nSPS) is 14.1. The minimum absolute atomic E-state index is 0.0243. The van der Waals surface area contributed by atoms with Crippen LogP contribution < -0.4 is 10.6 Å². The highest BCUT2D eigenvalue weighted by atomic mass is 32.2. The number of amides is 2. The second kappa shape index (κ2) is 11.0. The molecule has 2 aromatic heterocycles. The first-order chi connectivity index (χ1) is 16.1. The summed E-state index contributed by atoms with van der Waals surface area (Å²) in [6.07, 6.45) is 8.76. The lowest BCUT2D eigenvalue weighted by Gasteiger charge is -2.22. The predicted molar refractivity (Wildman–Crippen MR) is 124 cm³/mol. The van der Waals surface area contributed by atoms with E-state index < -0.39 is 0 Å². The molecule has 2 amide bonds. The Morgan fingerprint density at radius 3 is 2.48 bits per heavy atom. The molecule has 2 heterocycles. The number of halogens is 1. The first-order valence-corrected chi connectivity index (χ1v) is 11.9. The number of rotatable bonds is 8. The fourth-order valence-corrected chi connectivity index (χ4v) is 4.42. The van der Waals surface area contributed by atoms with Crippen molar-refractivity contribution in [3.8, 4) is 11.4 Å². The van der Waals surface area contributed by atoms with Crippen LogP contribution in [0, 0.1) is 5.82 Å². The summed E-state index contributed by atoms with van der Waals surface area (Å²) in [4.78, 5) is 33.6. The zero-order valence-electron chi connectivity index (χ0n) is 18.0. The summed E-state index contributed by atoms with van der Waals surface area (Å²) < 4.78 is 14.6. The number of anilines is 1. The van der Waals surface area contributed by atoms with Crippen LogP contribution in [0.4, 0.5) is 10.1 Å². The second-order valence-corrected chi connectivity index (χ2v) is 8.80. The first-order valence-electron chi connectivity index (χ1n) is 10.9. The van der Waals surface area contributed by atoms with Gasteiger partial charge in [-0.05, 0) is 49.2 Å². The van der Waals surface area contributed by atoms with Crippen LogP contribution in [0.1, 0.15) is 32.1 Å². The Bertz CT molecular complexity index is 1080. The Morgan fingerprint density at radius 2 is 1.76 bits per heavy atom. The van der Waals surface area contributed by atoms with E-state index in [0.717, 1.165) is 31.2 Å². The van der Waals surface area contributed by atoms with Gasteiger partial charge in [-0.25, -0.2) is 14.1 Å². The van der Waals surface area contributed by atoms with Crippen molar-refractivity contribution in [2.45, 2.75) is 49.8 Å². The molecule has 8 nitrogen and oxygen atoms in total. The molecule has 1 aliphatic carbocycles. The van der Waals surface area contributed by atoms with Gasteiger partial charge in [0.2, 0.25) is 11.8 Å². The van der Waals surface area contributed by atoms with E-state index >= 15 is 0 Å². The zero-order chi connectivity index (χ0) is 23.0. The predicted octanol–water partition coefficient (Wildman–Crippen LogP) is 3.66. The Labute approximate surface area is 195 Å². The highest BCUT2D eigenvalue weighted by Crippen LogP contribution is 2.22. The van der Waals surface area contributed by atoms with Crippen molar-refractivity contribution in [1.29, 1.82) is 0 Å². The van der Waals surface area contributed by atoms with E-state index in [-0.39, 0.29) is 36.0 Å². The van der Waals surface area contributed by atoms with Gasteiger partial charge >= 0.3 is 0 Å². The number of aromatic nitrogens is 4. The maximum Gasteiger partial charge on any atom is 0.242 e. The lowest BCUT2D eigenvalue weighted by Crippen LogP contribution is -2.38. The van der Waals surface area contributed by atoms with Gasteiger partial charge in [0.1, 0.15) is 12.4 Å². The fourth-order valence-electron chi connectivity index (χ4n) is 3.68. The number of nitrogens with zero attached hydrogens (tertiary/aromatic N) is 4. The number of thioether (sulfide) groups is 1. The molecule has 33 heavy (non-hydrogen) atoms. The molecule has 0 spiro atoms. The van der Waals surface area contributed by atoms with Gasteiger partial charge in [0.05, 0.1) is 5.75 Å². The number of hydrogen-bond acceptors (Lipinski definition) is 6. The largest absolute Gasteiger partial charge is 0.352 e. The molecule has 0 radical (unpaired) electrons. The van der Waals surface area contributed by atoms with Gasteiger partial charge in [-0.2, -0.15) is 0 Å². The molecule has 0 unspecified atom stereocenters. The van der Waals surface area contributed by atoms with Gasteiger partial charge in [0.25, 0.3) is 0 Å². The molecular weight excluding hydrogens is 443 g/mol. The molecule has 2 N–H and O–H groups in total. The molecule has 1 aliphatic rings. The minimum Gasteiger partial charge on any atom is -0.352 e. The number of carbonyl (C=O) groups excluding carboxylic acids is 2. The highest BCUT2D eigenvalue weighted by Gasteiger charge is 2.19. The zero-order valence-corrected chi connectivity index (χ0v) is 18.9. The smallest absolute Gasteiger partial charge is 0.242 e. The van der Waals surface area contributed by atoms with E-state index in [1.54, 1.807) is 24.5 Å². The lowest BCUT2D eigenvalue weighted by molar-refractivity contribution is -0.123. The molecular formula is C23H25FN6O2S. The third-order valence-electron chi connectivity index (χ3n) is 5.30. The van der Waals surface area contributed by atoms with Crippen LogP contribution in [0.15, 0.2) is 53.9 Å². The Kier molecular flexibility index (Phi) is 7.66. The van der Waals surface area contributed by atoms with Crippen molar-refractivity contribution < 1.29 is 14.0 Å². The lowest BCUT2D eigenvalue weighted by atomic mass is 9.95. The summed E-state index contributed by atoms with van der Waals surface area (Å²) in [7, 11) is 0. The fraction of sp³-hybridized carbons (Fsp3) is 0.348. The molecule has 4 rings (SSSR count). The third kappa shape index (κ3) is 6.61. The Balaban J connectivity index is 1.44. The number of carbonyl (C=O) groups is 2. The van der Waals surface area contributed by atoms with Gasteiger partial charge < -0.3 is 10.6 Å². The molecule has 1 saturated carbocycles.